The van der Waals surface area contributed by atoms with E-state index in [9.17, 15) is 0 Å². The number of aryl methyl sites for hydroxylation is 1. The van der Waals surface area contributed by atoms with Gasteiger partial charge in [0.25, 0.3) is 0 Å². The topological polar surface area (TPSA) is 55.0 Å². The highest BCUT2D eigenvalue weighted by Crippen LogP contribution is 2.22. The van der Waals surface area contributed by atoms with Crippen LogP contribution in [0.4, 0.5) is 11.8 Å². The molecule has 0 aliphatic rings. The molecule has 2 aromatic rings. The standard InChI is InChI=1S/C15H20N4/c1-4-19(5-2)15-17-13(10-14(16)18-15)12-8-6-7-11(3)9-12/h6-10H,4-5H2,1-3H3,(H2,16,17,18). The smallest absolute Gasteiger partial charge is 0.227 e. The maximum atomic E-state index is 5.90. The summed E-state index contributed by atoms with van der Waals surface area (Å²) in [5.41, 5.74) is 9.06. The Morgan fingerprint density at radius 1 is 1.11 bits per heavy atom. The Labute approximate surface area is 114 Å². The Morgan fingerprint density at radius 2 is 1.84 bits per heavy atom. The Balaban J connectivity index is 2.47. The van der Waals surface area contributed by atoms with Crippen LogP contribution in [0.5, 0.6) is 0 Å². The summed E-state index contributed by atoms with van der Waals surface area (Å²) in [5, 5.41) is 0. The minimum absolute atomic E-state index is 0.508. The lowest BCUT2D eigenvalue weighted by molar-refractivity contribution is 0.824. The van der Waals surface area contributed by atoms with E-state index in [1.807, 2.05) is 18.2 Å². The van der Waals surface area contributed by atoms with Gasteiger partial charge in [-0.3, -0.25) is 0 Å². The predicted molar refractivity (Wildman–Crippen MR) is 80.2 cm³/mol. The van der Waals surface area contributed by atoms with Crippen molar-refractivity contribution < 1.29 is 0 Å². The first-order chi connectivity index (χ1) is 9.13. The first-order valence-corrected chi connectivity index (χ1v) is 6.60. The number of nitrogens with two attached hydrogens (primary N) is 1. The van der Waals surface area contributed by atoms with E-state index in [4.69, 9.17) is 5.73 Å². The summed E-state index contributed by atoms with van der Waals surface area (Å²) in [6, 6.07) is 10.1. The molecule has 1 heterocycles. The second kappa shape index (κ2) is 5.69. The van der Waals surface area contributed by atoms with Gasteiger partial charge < -0.3 is 10.6 Å². The molecule has 0 radical (unpaired) electrons. The molecule has 0 saturated carbocycles. The minimum Gasteiger partial charge on any atom is -0.384 e. The van der Waals surface area contributed by atoms with Crippen LogP contribution in [-0.4, -0.2) is 23.1 Å². The van der Waals surface area contributed by atoms with E-state index in [1.165, 1.54) is 5.56 Å². The van der Waals surface area contributed by atoms with Crippen molar-refractivity contribution in [1.82, 2.24) is 9.97 Å². The quantitative estimate of drug-likeness (QED) is 0.914. The average Bonchev–Trinajstić information content (AvgIpc) is 2.39. The van der Waals surface area contributed by atoms with Crippen LogP contribution in [0.1, 0.15) is 19.4 Å². The second-order valence-electron chi connectivity index (χ2n) is 4.52. The molecule has 0 atom stereocenters. The number of rotatable bonds is 4. The van der Waals surface area contributed by atoms with Crippen molar-refractivity contribution in [2.24, 2.45) is 0 Å². The fourth-order valence-electron chi connectivity index (χ4n) is 2.05. The van der Waals surface area contributed by atoms with Gasteiger partial charge in [0.1, 0.15) is 5.82 Å². The highest BCUT2D eigenvalue weighted by Gasteiger charge is 2.09. The van der Waals surface area contributed by atoms with Crippen LogP contribution in [0.2, 0.25) is 0 Å². The normalized spacial score (nSPS) is 10.5. The molecule has 0 unspecified atom stereocenters. The zero-order valence-electron chi connectivity index (χ0n) is 11.7. The number of hydrogen-bond donors (Lipinski definition) is 1. The molecule has 4 heteroatoms. The van der Waals surface area contributed by atoms with Crippen LogP contribution in [0.15, 0.2) is 30.3 Å². The molecular weight excluding hydrogens is 236 g/mol. The Hall–Kier alpha value is -2.10. The first kappa shape index (κ1) is 13.3. The van der Waals surface area contributed by atoms with Crippen molar-refractivity contribution in [1.29, 1.82) is 0 Å². The number of nitrogens with zero attached hydrogens (tertiary/aromatic N) is 3. The SMILES string of the molecule is CCN(CC)c1nc(N)cc(-c2cccc(C)c2)n1. The first-order valence-electron chi connectivity index (χ1n) is 6.60. The van der Waals surface area contributed by atoms with Crippen molar-refractivity contribution >= 4 is 11.8 Å². The largest absolute Gasteiger partial charge is 0.384 e. The summed E-state index contributed by atoms with van der Waals surface area (Å²) in [7, 11) is 0. The molecular formula is C15H20N4. The molecule has 2 N–H and O–H groups in total. The highest BCUT2D eigenvalue weighted by atomic mass is 15.2. The van der Waals surface area contributed by atoms with Gasteiger partial charge in [0.2, 0.25) is 5.95 Å². The summed E-state index contributed by atoms with van der Waals surface area (Å²) < 4.78 is 0. The van der Waals surface area contributed by atoms with Crippen LogP contribution in [0, 0.1) is 6.92 Å². The fourth-order valence-corrected chi connectivity index (χ4v) is 2.05. The van der Waals surface area contributed by atoms with E-state index in [2.05, 4.69) is 47.8 Å². The van der Waals surface area contributed by atoms with Gasteiger partial charge in [-0.15, -0.1) is 0 Å². The third kappa shape index (κ3) is 3.02. The van der Waals surface area contributed by atoms with Crippen LogP contribution < -0.4 is 10.6 Å². The summed E-state index contributed by atoms with van der Waals surface area (Å²) in [6.45, 7) is 7.98. The van der Waals surface area contributed by atoms with Gasteiger partial charge in [0, 0.05) is 24.7 Å². The highest BCUT2D eigenvalue weighted by molar-refractivity contribution is 5.64. The third-order valence-electron chi connectivity index (χ3n) is 3.09. The van der Waals surface area contributed by atoms with E-state index >= 15 is 0 Å². The lowest BCUT2D eigenvalue weighted by Gasteiger charge is -2.19. The van der Waals surface area contributed by atoms with Crippen molar-refractivity contribution in [2.75, 3.05) is 23.7 Å². The van der Waals surface area contributed by atoms with Gasteiger partial charge in [-0.25, -0.2) is 4.98 Å². The molecule has 0 saturated heterocycles. The Morgan fingerprint density at radius 3 is 2.47 bits per heavy atom. The van der Waals surface area contributed by atoms with Gasteiger partial charge in [0.05, 0.1) is 5.69 Å². The maximum absolute atomic E-state index is 5.90. The molecule has 0 aliphatic heterocycles. The van der Waals surface area contributed by atoms with E-state index < -0.39 is 0 Å². The van der Waals surface area contributed by atoms with E-state index in [0.29, 0.717) is 11.8 Å². The monoisotopic (exact) mass is 256 g/mol. The minimum atomic E-state index is 0.508. The van der Waals surface area contributed by atoms with Crippen LogP contribution in [0.3, 0.4) is 0 Å². The third-order valence-corrected chi connectivity index (χ3v) is 3.09. The van der Waals surface area contributed by atoms with Crippen LogP contribution in [-0.2, 0) is 0 Å². The Bertz CT molecular complexity index is 562. The number of anilines is 2. The molecule has 0 spiro atoms. The lowest BCUT2D eigenvalue weighted by atomic mass is 10.1. The molecule has 1 aromatic carbocycles. The fraction of sp³-hybridized carbons (Fsp3) is 0.333. The van der Waals surface area contributed by atoms with Crippen molar-refractivity contribution in [3.63, 3.8) is 0 Å². The lowest BCUT2D eigenvalue weighted by Crippen LogP contribution is -2.24. The average molecular weight is 256 g/mol. The molecule has 1 aromatic heterocycles. The van der Waals surface area contributed by atoms with Crippen LogP contribution >= 0.6 is 0 Å². The number of aromatic nitrogens is 2. The van der Waals surface area contributed by atoms with E-state index in [1.54, 1.807) is 0 Å². The number of nitrogen functional groups attached to an aromatic ring is 1. The zero-order chi connectivity index (χ0) is 13.8. The molecule has 0 aliphatic carbocycles. The van der Waals surface area contributed by atoms with Crippen molar-refractivity contribution in [3.05, 3.63) is 35.9 Å². The summed E-state index contributed by atoms with van der Waals surface area (Å²) in [6.07, 6.45) is 0. The molecule has 19 heavy (non-hydrogen) atoms. The summed E-state index contributed by atoms with van der Waals surface area (Å²) in [5.74, 6) is 1.20. The zero-order valence-corrected chi connectivity index (χ0v) is 11.7. The van der Waals surface area contributed by atoms with Gasteiger partial charge >= 0.3 is 0 Å². The predicted octanol–water partition coefficient (Wildman–Crippen LogP) is 2.88. The molecule has 4 nitrogen and oxygen atoms in total. The second-order valence-corrected chi connectivity index (χ2v) is 4.52. The number of benzene rings is 1. The van der Waals surface area contributed by atoms with Crippen LogP contribution in [0.25, 0.3) is 11.3 Å². The molecule has 2 rings (SSSR count). The number of hydrogen-bond acceptors (Lipinski definition) is 4. The van der Waals surface area contributed by atoms with Gasteiger partial charge in [0.15, 0.2) is 0 Å². The molecule has 0 fully saturated rings. The molecule has 0 amide bonds. The van der Waals surface area contributed by atoms with Gasteiger partial charge in [-0.1, -0.05) is 23.8 Å². The van der Waals surface area contributed by atoms with Gasteiger partial charge in [-0.05, 0) is 26.8 Å². The van der Waals surface area contributed by atoms with E-state index in [0.717, 1.165) is 24.3 Å². The maximum Gasteiger partial charge on any atom is 0.227 e. The van der Waals surface area contributed by atoms with Crippen molar-refractivity contribution in [3.8, 4) is 11.3 Å². The Kier molecular flexibility index (Phi) is 4.00. The summed E-state index contributed by atoms with van der Waals surface area (Å²) in [4.78, 5) is 11.0. The van der Waals surface area contributed by atoms with E-state index in [-0.39, 0.29) is 0 Å². The molecule has 100 valence electrons. The van der Waals surface area contributed by atoms with Gasteiger partial charge in [-0.2, -0.15) is 4.98 Å². The van der Waals surface area contributed by atoms with Crippen molar-refractivity contribution in [2.45, 2.75) is 20.8 Å². The molecule has 0 bridgehead atoms. The summed E-state index contributed by atoms with van der Waals surface area (Å²) >= 11 is 0.